The number of carboxylic acids is 1. The Morgan fingerprint density at radius 1 is 1.38 bits per heavy atom. The van der Waals surface area contributed by atoms with Gasteiger partial charge in [0.1, 0.15) is 16.9 Å². The number of aromatic nitrogens is 2. The third-order valence-electron chi connectivity index (χ3n) is 3.41. The number of hydrogen-bond acceptors (Lipinski definition) is 2. The van der Waals surface area contributed by atoms with Gasteiger partial charge in [0, 0.05) is 6.42 Å². The fraction of sp³-hybridized carbons (Fsp3) is 0.375. The summed E-state index contributed by atoms with van der Waals surface area (Å²) in [4.78, 5) is 19.0. The molecule has 1 aromatic heterocycles. The number of imidazole rings is 1. The van der Waals surface area contributed by atoms with Gasteiger partial charge in [0.2, 0.25) is 0 Å². The molecular formula is C16H19ClN2O2. The van der Waals surface area contributed by atoms with E-state index in [1.54, 1.807) is 0 Å². The molecule has 112 valence electrons. The number of H-pyrrole nitrogens is 1. The van der Waals surface area contributed by atoms with Crippen molar-refractivity contribution in [3.8, 4) is 0 Å². The number of unbranched alkanes of at least 4 members (excludes halogenated alkanes) is 1. The minimum atomic E-state index is -0.908. The number of aromatic amines is 1. The molecule has 2 N–H and O–H groups in total. The van der Waals surface area contributed by atoms with Gasteiger partial charge in [-0.3, -0.25) is 4.79 Å². The average molecular weight is 307 g/mol. The van der Waals surface area contributed by atoms with Crippen LogP contribution in [-0.2, 0) is 17.6 Å². The van der Waals surface area contributed by atoms with Crippen LogP contribution in [-0.4, -0.2) is 21.0 Å². The Balaban J connectivity index is 2.22. The molecule has 0 fully saturated rings. The normalized spacial score (nSPS) is 12.3. The molecule has 1 unspecified atom stereocenters. The van der Waals surface area contributed by atoms with Crippen LogP contribution in [0.3, 0.4) is 0 Å². The molecule has 21 heavy (non-hydrogen) atoms. The molecule has 2 rings (SSSR count). The molecule has 0 saturated heterocycles. The topological polar surface area (TPSA) is 66.0 Å². The van der Waals surface area contributed by atoms with E-state index in [9.17, 15) is 9.90 Å². The van der Waals surface area contributed by atoms with Crippen LogP contribution >= 0.6 is 11.6 Å². The lowest BCUT2D eigenvalue weighted by atomic mass is 9.97. The van der Waals surface area contributed by atoms with Gasteiger partial charge in [0.15, 0.2) is 0 Å². The molecule has 0 aliphatic heterocycles. The number of nitrogens with one attached hydrogen (secondary N) is 1. The fourth-order valence-corrected chi connectivity index (χ4v) is 2.54. The zero-order valence-electron chi connectivity index (χ0n) is 12.0. The Morgan fingerprint density at radius 2 is 2.10 bits per heavy atom. The van der Waals surface area contributed by atoms with Crippen molar-refractivity contribution in [2.45, 2.75) is 38.5 Å². The van der Waals surface area contributed by atoms with Crippen LogP contribution < -0.4 is 0 Å². The number of hydrogen-bond donors (Lipinski definition) is 2. The summed E-state index contributed by atoms with van der Waals surface area (Å²) in [5.41, 5.74) is 1.39. The van der Waals surface area contributed by atoms with Gasteiger partial charge in [-0.15, -0.1) is 0 Å². The van der Waals surface area contributed by atoms with Crippen molar-refractivity contribution in [3.63, 3.8) is 0 Å². The first kappa shape index (κ1) is 15.6. The number of benzene rings is 1. The van der Waals surface area contributed by atoms with Crippen molar-refractivity contribution >= 4 is 17.6 Å². The molecule has 0 spiro atoms. The van der Waals surface area contributed by atoms with Gasteiger partial charge < -0.3 is 10.1 Å². The summed E-state index contributed by atoms with van der Waals surface area (Å²) >= 11 is 6.15. The number of carboxylic acid groups (broad SMARTS) is 1. The maximum Gasteiger partial charge on any atom is 0.313 e. The molecule has 4 nitrogen and oxygen atoms in total. The quantitative estimate of drug-likeness (QED) is 0.817. The highest BCUT2D eigenvalue weighted by Crippen LogP contribution is 2.26. The number of rotatable bonds is 7. The highest BCUT2D eigenvalue weighted by atomic mass is 35.5. The van der Waals surface area contributed by atoms with Crippen molar-refractivity contribution in [1.29, 1.82) is 0 Å². The van der Waals surface area contributed by atoms with Crippen LogP contribution in [0.2, 0.25) is 5.15 Å². The molecule has 1 aromatic carbocycles. The molecule has 1 atom stereocenters. The highest BCUT2D eigenvalue weighted by Gasteiger charge is 2.26. The van der Waals surface area contributed by atoms with E-state index < -0.39 is 11.9 Å². The zero-order valence-corrected chi connectivity index (χ0v) is 12.7. The molecule has 5 heteroatoms. The molecule has 0 aliphatic rings. The Kier molecular flexibility index (Phi) is 5.39. The summed E-state index contributed by atoms with van der Waals surface area (Å²) in [5.74, 6) is -0.878. The number of aliphatic carboxylic acids is 1. The number of halogens is 1. The molecule has 2 aromatic rings. The van der Waals surface area contributed by atoms with Crippen molar-refractivity contribution < 1.29 is 9.90 Å². The van der Waals surface area contributed by atoms with E-state index in [1.165, 1.54) is 0 Å². The predicted octanol–water partition coefficient (Wildman–Crippen LogP) is 3.82. The van der Waals surface area contributed by atoms with Crippen LogP contribution in [0.5, 0.6) is 0 Å². The van der Waals surface area contributed by atoms with Crippen LogP contribution in [0, 0.1) is 0 Å². The minimum absolute atomic E-state index is 0.337. The van der Waals surface area contributed by atoms with Gasteiger partial charge in [-0.25, -0.2) is 4.98 Å². The van der Waals surface area contributed by atoms with Gasteiger partial charge in [0.25, 0.3) is 0 Å². The van der Waals surface area contributed by atoms with E-state index in [0.717, 1.165) is 30.7 Å². The largest absolute Gasteiger partial charge is 0.481 e. The van der Waals surface area contributed by atoms with Gasteiger partial charge >= 0.3 is 5.97 Å². The summed E-state index contributed by atoms with van der Waals surface area (Å²) in [5, 5.41) is 9.82. The first-order chi connectivity index (χ1) is 10.1. The Bertz CT molecular complexity index is 596. The molecular weight excluding hydrogens is 288 g/mol. The van der Waals surface area contributed by atoms with Gasteiger partial charge in [0.05, 0.1) is 5.69 Å². The lowest BCUT2D eigenvalue weighted by Gasteiger charge is -2.10. The van der Waals surface area contributed by atoms with Gasteiger partial charge in [-0.1, -0.05) is 55.3 Å². The van der Waals surface area contributed by atoms with Crippen molar-refractivity contribution in [2.75, 3.05) is 0 Å². The van der Waals surface area contributed by atoms with Crippen molar-refractivity contribution in [2.24, 2.45) is 0 Å². The first-order valence-corrected chi connectivity index (χ1v) is 7.50. The summed E-state index contributed by atoms with van der Waals surface area (Å²) in [6.45, 7) is 2.10. The van der Waals surface area contributed by atoms with Crippen LogP contribution in [0.4, 0.5) is 0 Å². The highest BCUT2D eigenvalue weighted by molar-refractivity contribution is 6.30. The molecule has 0 amide bonds. The summed E-state index contributed by atoms with van der Waals surface area (Å²) in [6.07, 6.45) is 3.22. The second-order valence-corrected chi connectivity index (χ2v) is 5.44. The van der Waals surface area contributed by atoms with Crippen LogP contribution in [0.15, 0.2) is 30.3 Å². The molecule has 0 radical (unpaired) electrons. The average Bonchev–Trinajstić information content (AvgIpc) is 2.84. The van der Waals surface area contributed by atoms with E-state index in [-0.39, 0.29) is 0 Å². The lowest BCUT2D eigenvalue weighted by molar-refractivity contribution is -0.138. The summed E-state index contributed by atoms with van der Waals surface area (Å²) in [7, 11) is 0. The van der Waals surface area contributed by atoms with Crippen molar-refractivity contribution in [3.05, 3.63) is 52.6 Å². The molecule has 0 saturated carbocycles. The van der Waals surface area contributed by atoms with Gasteiger partial charge in [-0.2, -0.15) is 0 Å². The van der Waals surface area contributed by atoms with E-state index in [0.29, 0.717) is 17.3 Å². The SMILES string of the molecule is CCCCc1nc(C(Cc2ccccc2)C(=O)O)c(Cl)[nH]1. The predicted molar refractivity (Wildman–Crippen MR) is 82.7 cm³/mol. The van der Waals surface area contributed by atoms with E-state index in [4.69, 9.17) is 11.6 Å². The first-order valence-electron chi connectivity index (χ1n) is 7.12. The molecule has 0 bridgehead atoms. The minimum Gasteiger partial charge on any atom is -0.481 e. The Hall–Kier alpha value is -1.81. The number of carbonyl (C=O) groups is 1. The van der Waals surface area contributed by atoms with E-state index in [2.05, 4.69) is 16.9 Å². The molecule has 0 aliphatic carbocycles. The zero-order chi connectivity index (χ0) is 15.2. The van der Waals surface area contributed by atoms with E-state index in [1.807, 2.05) is 30.3 Å². The van der Waals surface area contributed by atoms with E-state index >= 15 is 0 Å². The van der Waals surface area contributed by atoms with Gasteiger partial charge in [-0.05, 0) is 18.4 Å². The smallest absolute Gasteiger partial charge is 0.313 e. The standard InChI is InChI=1S/C16H19ClN2O2/c1-2-3-9-13-18-14(15(17)19-13)12(16(20)21)10-11-7-5-4-6-8-11/h4-8,12H,2-3,9-10H2,1H3,(H,18,19)(H,20,21). The van der Waals surface area contributed by atoms with Crippen LogP contribution in [0.1, 0.15) is 42.8 Å². The maximum atomic E-state index is 11.6. The monoisotopic (exact) mass is 306 g/mol. The second kappa shape index (κ2) is 7.27. The number of aryl methyl sites for hydroxylation is 1. The van der Waals surface area contributed by atoms with Crippen molar-refractivity contribution in [1.82, 2.24) is 9.97 Å². The second-order valence-electron chi connectivity index (χ2n) is 5.07. The summed E-state index contributed by atoms with van der Waals surface area (Å²) in [6, 6.07) is 9.52. The number of nitrogens with zero attached hydrogens (tertiary/aromatic N) is 1. The molecule has 1 heterocycles. The Morgan fingerprint density at radius 3 is 2.71 bits per heavy atom. The maximum absolute atomic E-state index is 11.6. The Labute approximate surface area is 129 Å². The third kappa shape index (κ3) is 4.08. The summed E-state index contributed by atoms with van der Waals surface area (Å²) < 4.78 is 0. The lowest BCUT2D eigenvalue weighted by Crippen LogP contribution is -2.15. The van der Waals surface area contributed by atoms with Crippen LogP contribution in [0.25, 0.3) is 0 Å². The fourth-order valence-electron chi connectivity index (χ4n) is 2.26. The third-order valence-corrected chi connectivity index (χ3v) is 3.70.